The SMILES string of the molecule is CCOC(=O)c1c(C)cn(C)c1C(=O)OCC. The molecule has 1 aromatic heterocycles. The molecule has 5 heteroatoms. The Morgan fingerprint density at radius 2 is 1.71 bits per heavy atom. The second-order valence-corrected chi connectivity index (χ2v) is 3.59. The van der Waals surface area contributed by atoms with Gasteiger partial charge in [0.25, 0.3) is 0 Å². The first-order chi connectivity index (χ1) is 8.02. The fraction of sp³-hybridized carbons (Fsp3) is 0.500. The molecular formula is C12H17NO4. The fourth-order valence-corrected chi connectivity index (χ4v) is 1.69. The maximum absolute atomic E-state index is 11.8. The first-order valence-corrected chi connectivity index (χ1v) is 5.53. The first-order valence-electron chi connectivity index (χ1n) is 5.53. The number of carbonyl (C=O) groups is 2. The molecule has 0 bridgehead atoms. The number of hydrogen-bond donors (Lipinski definition) is 0. The summed E-state index contributed by atoms with van der Waals surface area (Å²) in [5, 5.41) is 0. The van der Waals surface area contributed by atoms with E-state index >= 15 is 0 Å². The summed E-state index contributed by atoms with van der Waals surface area (Å²) >= 11 is 0. The highest BCUT2D eigenvalue weighted by Gasteiger charge is 2.25. The summed E-state index contributed by atoms with van der Waals surface area (Å²) in [4.78, 5) is 23.5. The lowest BCUT2D eigenvalue weighted by Crippen LogP contribution is -2.16. The standard InChI is InChI=1S/C12H17NO4/c1-5-16-11(14)9-8(3)7-13(4)10(9)12(15)17-6-2/h7H,5-6H2,1-4H3. The number of esters is 2. The van der Waals surface area contributed by atoms with Crippen molar-refractivity contribution in [2.24, 2.45) is 7.05 Å². The van der Waals surface area contributed by atoms with Crippen molar-refractivity contribution in [2.75, 3.05) is 13.2 Å². The van der Waals surface area contributed by atoms with Crippen LogP contribution in [0.5, 0.6) is 0 Å². The van der Waals surface area contributed by atoms with Gasteiger partial charge >= 0.3 is 11.9 Å². The third-order valence-corrected chi connectivity index (χ3v) is 2.32. The lowest BCUT2D eigenvalue weighted by Gasteiger charge is -2.06. The van der Waals surface area contributed by atoms with Gasteiger partial charge in [-0.2, -0.15) is 0 Å². The van der Waals surface area contributed by atoms with Crippen LogP contribution in [0.4, 0.5) is 0 Å². The average molecular weight is 239 g/mol. The molecule has 94 valence electrons. The van der Waals surface area contributed by atoms with Crippen molar-refractivity contribution in [1.82, 2.24) is 4.57 Å². The molecule has 0 N–H and O–H groups in total. The van der Waals surface area contributed by atoms with Gasteiger partial charge in [-0.15, -0.1) is 0 Å². The minimum Gasteiger partial charge on any atom is -0.462 e. The second kappa shape index (κ2) is 5.52. The van der Waals surface area contributed by atoms with Crippen LogP contribution < -0.4 is 0 Å². The largest absolute Gasteiger partial charge is 0.462 e. The molecule has 0 spiro atoms. The number of carbonyl (C=O) groups excluding carboxylic acids is 2. The van der Waals surface area contributed by atoms with E-state index in [0.717, 1.165) is 0 Å². The monoisotopic (exact) mass is 239 g/mol. The molecule has 0 amide bonds. The normalized spacial score (nSPS) is 10.1. The molecule has 5 nitrogen and oxygen atoms in total. The molecule has 0 saturated heterocycles. The van der Waals surface area contributed by atoms with Crippen LogP contribution in [0.1, 0.15) is 40.3 Å². The molecule has 0 saturated carbocycles. The molecule has 1 heterocycles. The third-order valence-electron chi connectivity index (χ3n) is 2.32. The first kappa shape index (κ1) is 13.3. The summed E-state index contributed by atoms with van der Waals surface area (Å²) in [6, 6.07) is 0. The molecule has 1 aromatic rings. The van der Waals surface area contributed by atoms with Crippen molar-refractivity contribution in [2.45, 2.75) is 20.8 Å². The van der Waals surface area contributed by atoms with E-state index in [1.807, 2.05) is 0 Å². The van der Waals surface area contributed by atoms with Crippen molar-refractivity contribution >= 4 is 11.9 Å². The van der Waals surface area contributed by atoms with Gasteiger partial charge < -0.3 is 14.0 Å². The minimum atomic E-state index is -0.508. The molecule has 0 fully saturated rings. The van der Waals surface area contributed by atoms with Gasteiger partial charge in [0.2, 0.25) is 0 Å². The Balaban J connectivity index is 3.19. The maximum atomic E-state index is 11.8. The van der Waals surface area contributed by atoms with E-state index in [1.54, 1.807) is 38.6 Å². The van der Waals surface area contributed by atoms with Crippen molar-refractivity contribution in [1.29, 1.82) is 0 Å². The smallest absolute Gasteiger partial charge is 0.355 e. The van der Waals surface area contributed by atoms with Crippen LogP contribution in [0, 0.1) is 6.92 Å². The zero-order valence-electron chi connectivity index (χ0n) is 10.6. The Hall–Kier alpha value is -1.78. The minimum absolute atomic E-state index is 0.239. The van der Waals surface area contributed by atoms with E-state index in [2.05, 4.69) is 0 Å². The summed E-state index contributed by atoms with van der Waals surface area (Å²) in [6.45, 7) is 5.74. The number of ether oxygens (including phenoxy) is 2. The summed E-state index contributed by atoms with van der Waals surface area (Å²) < 4.78 is 11.4. The van der Waals surface area contributed by atoms with Gasteiger partial charge in [0.15, 0.2) is 0 Å². The quantitative estimate of drug-likeness (QED) is 0.750. The fourth-order valence-electron chi connectivity index (χ4n) is 1.69. The summed E-state index contributed by atoms with van der Waals surface area (Å²) in [7, 11) is 1.70. The lowest BCUT2D eigenvalue weighted by molar-refractivity contribution is 0.0471. The van der Waals surface area contributed by atoms with Crippen molar-refractivity contribution < 1.29 is 19.1 Å². The Bertz CT molecular complexity index is 395. The average Bonchev–Trinajstić information content (AvgIpc) is 2.54. The van der Waals surface area contributed by atoms with Gasteiger partial charge in [-0.1, -0.05) is 0 Å². The molecule has 0 aliphatic heterocycles. The number of aromatic nitrogens is 1. The highest BCUT2D eigenvalue weighted by molar-refractivity contribution is 6.03. The lowest BCUT2D eigenvalue weighted by atomic mass is 10.1. The molecule has 0 aliphatic carbocycles. The molecule has 1 rings (SSSR count). The van der Waals surface area contributed by atoms with Gasteiger partial charge in [-0.25, -0.2) is 9.59 Å². The van der Waals surface area contributed by atoms with Gasteiger partial charge in [0.05, 0.1) is 18.8 Å². The predicted molar refractivity (Wildman–Crippen MR) is 62.1 cm³/mol. The molecule has 0 unspecified atom stereocenters. The number of aryl methyl sites for hydroxylation is 2. The van der Waals surface area contributed by atoms with Crippen molar-refractivity contribution in [3.05, 3.63) is 23.0 Å². The van der Waals surface area contributed by atoms with Crippen LogP contribution >= 0.6 is 0 Å². The van der Waals surface area contributed by atoms with E-state index in [4.69, 9.17) is 9.47 Å². The van der Waals surface area contributed by atoms with Gasteiger partial charge in [-0.05, 0) is 26.3 Å². The topological polar surface area (TPSA) is 57.5 Å². The van der Waals surface area contributed by atoms with Crippen molar-refractivity contribution in [3.8, 4) is 0 Å². The molecular weight excluding hydrogens is 222 g/mol. The van der Waals surface area contributed by atoms with E-state index in [1.165, 1.54) is 0 Å². The Kier molecular flexibility index (Phi) is 4.31. The van der Waals surface area contributed by atoms with E-state index in [-0.39, 0.29) is 24.5 Å². The van der Waals surface area contributed by atoms with Crippen LogP contribution in [0.3, 0.4) is 0 Å². The van der Waals surface area contributed by atoms with Crippen LogP contribution in [0.2, 0.25) is 0 Å². The van der Waals surface area contributed by atoms with E-state index in [0.29, 0.717) is 5.56 Å². The number of hydrogen-bond acceptors (Lipinski definition) is 4. The van der Waals surface area contributed by atoms with Gasteiger partial charge in [0.1, 0.15) is 5.69 Å². The van der Waals surface area contributed by atoms with Crippen LogP contribution in [-0.4, -0.2) is 29.7 Å². The molecule has 0 aliphatic rings. The third kappa shape index (κ3) is 2.67. The van der Waals surface area contributed by atoms with Crippen LogP contribution in [0.15, 0.2) is 6.20 Å². The van der Waals surface area contributed by atoms with Crippen molar-refractivity contribution in [3.63, 3.8) is 0 Å². The highest BCUT2D eigenvalue weighted by atomic mass is 16.5. The maximum Gasteiger partial charge on any atom is 0.355 e. The summed E-state index contributed by atoms with van der Waals surface area (Å²) in [6.07, 6.45) is 1.71. The van der Waals surface area contributed by atoms with Gasteiger partial charge in [0, 0.05) is 13.2 Å². The highest BCUT2D eigenvalue weighted by Crippen LogP contribution is 2.18. The van der Waals surface area contributed by atoms with Crippen LogP contribution in [-0.2, 0) is 16.5 Å². The Labute approximate surface area is 100 Å². The van der Waals surface area contributed by atoms with Crippen LogP contribution in [0.25, 0.3) is 0 Å². The second-order valence-electron chi connectivity index (χ2n) is 3.59. The zero-order valence-corrected chi connectivity index (χ0v) is 10.6. The zero-order chi connectivity index (χ0) is 13.0. The van der Waals surface area contributed by atoms with E-state index in [9.17, 15) is 9.59 Å². The van der Waals surface area contributed by atoms with E-state index < -0.39 is 11.9 Å². The molecule has 0 radical (unpaired) electrons. The summed E-state index contributed by atoms with van der Waals surface area (Å²) in [5.74, 6) is -1.00. The molecule has 17 heavy (non-hydrogen) atoms. The number of nitrogens with zero attached hydrogens (tertiary/aromatic N) is 1. The Morgan fingerprint density at radius 3 is 2.24 bits per heavy atom. The predicted octanol–water partition coefficient (Wildman–Crippen LogP) is 1.69. The molecule has 0 aromatic carbocycles. The Morgan fingerprint density at radius 1 is 1.18 bits per heavy atom. The van der Waals surface area contributed by atoms with Gasteiger partial charge in [-0.3, -0.25) is 0 Å². The molecule has 0 atom stereocenters. The number of rotatable bonds is 4. The summed E-state index contributed by atoms with van der Waals surface area (Å²) in [5.41, 5.74) is 1.23.